The molecule has 0 saturated heterocycles. The number of aromatic nitrogens is 2. The lowest BCUT2D eigenvalue weighted by molar-refractivity contribution is 0.0945. The molecule has 0 saturated carbocycles. The number of nitrogens with zero attached hydrogens (tertiary/aromatic N) is 3. The topological polar surface area (TPSA) is 58.1 Å². The first-order valence-electron chi connectivity index (χ1n) is 8.01. The number of nitrogens with one attached hydrogen (secondary N) is 1. The predicted molar refractivity (Wildman–Crippen MR) is 91.8 cm³/mol. The van der Waals surface area contributed by atoms with Crippen molar-refractivity contribution in [1.29, 1.82) is 0 Å². The molecule has 3 heterocycles. The van der Waals surface area contributed by atoms with Gasteiger partial charge in [0.05, 0.1) is 11.3 Å². The van der Waals surface area contributed by atoms with Crippen molar-refractivity contribution in [2.75, 3.05) is 19.6 Å². The molecule has 0 unspecified atom stereocenters. The van der Waals surface area contributed by atoms with Gasteiger partial charge in [0.25, 0.3) is 5.91 Å². The van der Waals surface area contributed by atoms with Crippen LogP contribution in [-0.2, 0) is 13.0 Å². The van der Waals surface area contributed by atoms with E-state index in [9.17, 15) is 4.79 Å². The average Bonchev–Trinajstić information content (AvgIpc) is 3.02. The molecule has 2 aromatic heterocycles. The van der Waals surface area contributed by atoms with Gasteiger partial charge < -0.3 is 5.32 Å². The fraction of sp³-hybridized carbons (Fsp3) is 0.471. The number of hydrogen-bond acceptors (Lipinski definition) is 5. The number of fused-ring (bicyclic) bond motifs is 1. The Morgan fingerprint density at radius 2 is 2.35 bits per heavy atom. The molecule has 0 bridgehead atoms. The maximum Gasteiger partial charge on any atom is 0.254 e. The molecule has 1 N–H and O–H groups in total. The first-order valence-corrected chi connectivity index (χ1v) is 8.89. The Labute approximate surface area is 140 Å². The van der Waals surface area contributed by atoms with E-state index in [0.717, 1.165) is 31.7 Å². The molecule has 6 heteroatoms. The van der Waals surface area contributed by atoms with Gasteiger partial charge in [0, 0.05) is 37.3 Å². The van der Waals surface area contributed by atoms with Crippen LogP contribution in [0.3, 0.4) is 0 Å². The largest absolute Gasteiger partial charge is 0.351 e. The zero-order valence-electron chi connectivity index (χ0n) is 13.6. The highest BCUT2D eigenvalue weighted by atomic mass is 32.1. The second-order valence-electron chi connectivity index (χ2n) is 6.13. The van der Waals surface area contributed by atoms with Crippen molar-refractivity contribution < 1.29 is 4.79 Å². The Bertz CT molecular complexity index is 683. The Morgan fingerprint density at radius 3 is 3.17 bits per heavy atom. The minimum Gasteiger partial charge on any atom is -0.351 e. The van der Waals surface area contributed by atoms with Crippen LogP contribution in [0.25, 0.3) is 0 Å². The maximum absolute atomic E-state index is 12.4. The predicted octanol–water partition coefficient (Wildman–Crippen LogP) is 2.45. The van der Waals surface area contributed by atoms with Crippen LogP contribution in [0.2, 0.25) is 0 Å². The molecule has 0 fully saturated rings. The van der Waals surface area contributed by atoms with Crippen LogP contribution >= 0.6 is 11.3 Å². The first-order chi connectivity index (χ1) is 11.1. The molecule has 0 aliphatic carbocycles. The van der Waals surface area contributed by atoms with Crippen LogP contribution in [0.5, 0.6) is 0 Å². The van der Waals surface area contributed by atoms with Crippen molar-refractivity contribution >= 4 is 17.2 Å². The minimum atomic E-state index is -0.0810. The third-order valence-corrected chi connectivity index (χ3v) is 5.16. The summed E-state index contributed by atoms with van der Waals surface area (Å²) >= 11 is 1.85. The van der Waals surface area contributed by atoms with E-state index in [1.165, 1.54) is 16.8 Å². The van der Waals surface area contributed by atoms with E-state index in [-0.39, 0.29) is 11.8 Å². The lowest BCUT2D eigenvalue weighted by Gasteiger charge is -2.26. The first kappa shape index (κ1) is 16.1. The van der Waals surface area contributed by atoms with Crippen molar-refractivity contribution in [2.24, 2.45) is 0 Å². The molecule has 23 heavy (non-hydrogen) atoms. The highest BCUT2D eigenvalue weighted by Gasteiger charge is 2.18. The van der Waals surface area contributed by atoms with Crippen LogP contribution in [-0.4, -0.2) is 40.4 Å². The molecular weight excluding hydrogens is 308 g/mol. The summed E-state index contributed by atoms with van der Waals surface area (Å²) < 4.78 is 0. The molecule has 5 nitrogen and oxygen atoms in total. The van der Waals surface area contributed by atoms with Crippen LogP contribution in [0, 0.1) is 0 Å². The summed E-state index contributed by atoms with van der Waals surface area (Å²) in [5, 5.41) is 5.17. The average molecular weight is 330 g/mol. The van der Waals surface area contributed by atoms with Crippen molar-refractivity contribution in [3.05, 3.63) is 45.7 Å². The fourth-order valence-electron chi connectivity index (χ4n) is 2.89. The van der Waals surface area contributed by atoms with Crippen LogP contribution in [0.4, 0.5) is 0 Å². The summed E-state index contributed by atoms with van der Waals surface area (Å²) in [6, 6.07) is 2.21. The van der Waals surface area contributed by atoms with Crippen LogP contribution in [0.1, 0.15) is 46.3 Å². The number of carbonyl (C=O) groups is 1. The van der Waals surface area contributed by atoms with Crippen molar-refractivity contribution in [1.82, 2.24) is 20.2 Å². The van der Waals surface area contributed by atoms with E-state index >= 15 is 0 Å². The van der Waals surface area contributed by atoms with Crippen molar-refractivity contribution in [3.8, 4) is 0 Å². The van der Waals surface area contributed by atoms with Gasteiger partial charge in [0.2, 0.25) is 0 Å². The summed E-state index contributed by atoms with van der Waals surface area (Å²) in [5.41, 5.74) is 2.82. The molecule has 0 atom stereocenters. The summed E-state index contributed by atoms with van der Waals surface area (Å²) in [6.45, 7) is 7.63. The smallest absolute Gasteiger partial charge is 0.254 e. The van der Waals surface area contributed by atoms with E-state index < -0.39 is 0 Å². The quantitative estimate of drug-likeness (QED) is 0.915. The second kappa shape index (κ2) is 7.19. The molecule has 0 radical (unpaired) electrons. The third-order valence-electron chi connectivity index (χ3n) is 4.13. The Kier molecular flexibility index (Phi) is 5.03. The van der Waals surface area contributed by atoms with Gasteiger partial charge in [-0.3, -0.25) is 9.69 Å². The van der Waals surface area contributed by atoms with Gasteiger partial charge in [0.1, 0.15) is 6.33 Å². The number of thiophene rings is 1. The van der Waals surface area contributed by atoms with Gasteiger partial charge in [-0.05, 0) is 29.3 Å². The number of hydrogen-bond donors (Lipinski definition) is 1. The Hall–Kier alpha value is -1.79. The SMILES string of the molecule is CC(C)c1ncncc1C(=O)NCCN1CCc2sccc2C1. The second-order valence-corrected chi connectivity index (χ2v) is 7.13. The summed E-state index contributed by atoms with van der Waals surface area (Å²) in [4.78, 5) is 24.5. The molecular formula is C17H22N4OS. The third kappa shape index (κ3) is 3.76. The van der Waals surface area contributed by atoms with Gasteiger partial charge in [-0.15, -0.1) is 11.3 Å². The van der Waals surface area contributed by atoms with E-state index in [1.54, 1.807) is 6.20 Å². The van der Waals surface area contributed by atoms with E-state index in [2.05, 4.69) is 31.6 Å². The maximum atomic E-state index is 12.4. The van der Waals surface area contributed by atoms with Crippen LogP contribution < -0.4 is 5.32 Å². The number of carbonyl (C=O) groups excluding carboxylic acids is 1. The molecule has 2 aromatic rings. The Balaban J connectivity index is 1.52. The van der Waals surface area contributed by atoms with E-state index in [1.807, 2.05) is 25.2 Å². The summed E-state index contributed by atoms with van der Waals surface area (Å²) in [5.74, 6) is 0.125. The van der Waals surface area contributed by atoms with Gasteiger partial charge in [-0.1, -0.05) is 13.8 Å². The normalized spacial score (nSPS) is 14.7. The zero-order valence-corrected chi connectivity index (χ0v) is 14.4. The summed E-state index contributed by atoms with van der Waals surface area (Å²) in [6.07, 6.45) is 4.22. The molecule has 1 aliphatic rings. The lowest BCUT2D eigenvalue weighted by Crippen LogP contribution is -2.37. The molecule has 3 rings (SSSR count). The van der Waals surface area contributed by atoms with Crippen molar-refractivity contribution in [3.63, 3.8) is 0 Å². The highest BCUT2D eigenvalue weighted by molar-refractivity contribution is 7.10. The fourth-order valence-corrected chi connectivity index (χ4v) is 3.78. The minimum absolute atomic E-state index is 0.0810. The van der Waals surface area contributed by atoms with Gasteiger partial charge >= 0.3 is 0 Å². The van der Waals surface area contributed by atoms with E-state index in [0.29, 0.717) is 12.1 Å². The summed E-state index contributed by atoms with van der Waals surface area (Å²) in [7, 11) is 0. The molecule has 122 valence electrons. The highest BCUT2D eigenvalue weighted by Crippen LogP contribution is 2.23. The van der Waals surface area contributed by atoms with E-state index in [4.69, 9.17) is 0 Å². The molecule has 1 amide bonds. The zero-order chi connectivity index (χ0) is 16.2. The number of amides is 1. The lowest BCUT2D eigenvalue weighted by atomic mass is 10.0. The number of rotatable bonds is 5. The van der Waals surface area contributed by atoms with Gasteiger partial charge in [0.15, 0.2) is 0 Å². The van der Waals surface area contributed by atoms with Crippen molar-refractivity contribution in [2.45, 2.75) is 32.7 Å². The van der Waals surface area contributed by atoms with Crippen LogP contribution in [0.15, 0.2) is 24.0 Å². The standard InChI is InChI=1S/C17H22N4OS/c1-12(2)16-14(9-18-11-20-16)17(22)19-5-7-21-6-3-15-13(10-21)4-8-23-15/h4,8-9,11-12H,3,5-7,10H2,1-2H3,(H,19,22). The van der Waals surface area contributed by atoms with Gasteiger partial charge in [-0.2, -0.15) is 0 Å². The monoisotopic (exact) mass is 330 g/mol. The molecule has 0 spiro atoms. The molecule has 0 aromatic carbocycles. The Morgan fingerprint density at radius 1 is 1.48 bits per heavy atom. The molecule has 1 aliphatic heterocycles. The van der Waals surface area contributed by atoms with Gasteiger partial charge in [-0.25, -0.2) is 9.97 Å².